The average molecular weight is 385 g/mol. The molecule has 0 saturated heterocycles. The standard InChI is InChI=1S/C20H24N4O2S/c1-11(2)19-22-23-20(27-19)21-16(25)6-7-24-17(26)10-13(4)15-9-12(3)8-14(5)18(15)24/h8-11H,6-7H2,1-5H3,(H,21,23,25). The molecule has 3 aromatic rings. The molecule has 0 aliphatic carbocycles. The number of hydrogen-bond acceptors (Lipinski definition) is 5. The smallest absolute Gasteiger partial charge is 0.251 e. The number of amides is 1. The number of carbonyl (C=O) groups is 1. The molecule has 6 nitrogen and oxygen atoms in total. The Morgan fingerprint density at radius 1 is 1.15 bits per heavy atom. The first-order chi connectivity index (χ1) is 12.8. The molecule has 3 rings (SSSR count). The Bertz CT molecular complexity index is 1070. The molecule has 0 radical (unpaired) electrons. The van der Waals surface area contributed by atoms with Crippen LogP contribution in [0.15, 0.2) is 23.0 Å². The summed E-state index contributed by atoms with van der Waals surface area (Å²) in [5.74, 6) is 0.101. The molecule has 142 valence electrons. The summed E-state index contributed by atoms with van der Waals surface area (Å²) in [6.07, 6.45) is 0.196. The third-order valence-electron chi connectivity index (χ3n) is 4.49. The second-order valence-corrected chi connectivity index (χ2v) is 8.20. The lowest BCUT2D eigenvalue weighted by molar-refractivity contribution is -0.116. The minimum atomic E-state index is -0.174. The van der Waals surface area contributed by atoms with Gasteiger partial charge in [0.25, 0.3) is 5.56 Å². The molecule has 27 heavy (non-hydrogen) atoms. The van der Waals surface area contributed by atoms with Gasteiger partial charge < -0.3 is 9.88 Å². The van der Waals surface area contributed by atoms with Gasteiger partial charge in [-0.1, -0.05) is 36.8 Å². The molecule has 1 aromatic carbocycles. The number of anilines is 1. The maximum atomic E-state index is 12.6. The van der Waals surface area contributed by atoms with Crippen LogP contribution in [0.4, 0.5) is 5.13 Å². The van der Waals surface area contributed by atoms with Crippen molar-refractivity contribution in [1.29, 1.82) is 0 Å². The molecule has 7 heteroatoms. The number of nitrogens with zero attached hydrogens (tertiary/aromatic N) is 3. The Morgan fingerprint density at radius 2 is 1.89 bits per heavy atom. The van der Waals surface area contributed by atoms with Crippen LogP contribution >= 0.6 is 11.3 Å². The summed E-state index contributed by atoms with van der Waals surface area (Å²) in [7, 11) is 0. The molecular weight excluding hydrogens is 360 g/mol. The monoisotopic (exact) mass is 384 g/mol. The number of nitrogens with one attached hydrogen (secondary N) is 1. The number of benzene rings is 1. The van der Waals surface area contributed by atoms with Gasteiger partial charge in [-0.25, -0.2) is 0 Å². The van der Waals surface area contributed by atoms with Crippen molar-refractivity contribution in [3.8, 4) is 0 Å². The second kappa shape index (κ2) is 7.60. The fourth-order valence-corrected chi connectivity index (χ4v) is 3.97. The molecule has 2 heterocycles. The number of pyridine rings is 1. The lowest BCUT2D eigenvalue weighted by Crippen LogP contribution is -2.24. The minimum Gasteiger partial charge on any atom is -0.307 e. The first-order valence-corrected chi connectivity index (χ1v) is 9.82. The van der Waals surface area contributed by atoms with Crippen molar-refractivity contribution in [2.75, 3.05) is 5.32 Å². The van der Waals surface area contributed by atoms with Crippen molar-refractivity contribution in [3.63, 3.8) is 0 Å². The van der Waals surface area contributed by atoms with E-state index in [1.165, 1.54) is 11.3 Å². The summed E-state index contributed by atoms with van der Waals surface area (Å²) in [5.41, 5.74) is 3.96. The molecule has 0 aliphatic heterocycles. The van der Waals surface area contributed by atoms with E-state index < -0.39 is 0 Å². The Labute approximate surface area is 162 Å². The highest BCUT2D eigenvalue weighted by Crippen LogP contribution is 2.24. The second-order valence-electron chi connectivity index (χ2n) is 7.19. The van der Waals surface area contributed by atoms with Gasteiger partial charge in [0.1, 0.15) is 5.01 Å². The van der Waals surface area contributed by atoms with E-state index in [1.54, 1.807) is 10.6 Å². The molecule has 0 atom stereocenters. The number of hydrogen-bond donors (Lipinski definition) is 1. The van der Waals surface area contributed by atoms with Crippen molar-refractivity contribution in [3.05, 3.63) is 50.3 Å². The van der Waals surface area contributed by atoms with Crippen LogP contribution in [0.3, 0.4) is 0 Å². The van der Waals surface area contributed by atoms with E-state index in [2.05, 4.69) is 27.6 Å². The number of rotatable bonds is 5. The van der Waals surface area contributed by atoms with E-state index in [-0.39, 0.29) is 23.8 Å². The Morgan fingerprint density at radius 3 is 2.56 bits per heavy atom. The van der Waals surface area contributed by atoms with Gasteiger partial charge in [-0.05, 0) is 38.0 Å². The Balaban J connectivity index is 1.82. The van der Waals surface area contributed by atoms with Crippen molar-refractivity contribution in [1.82, 2.24) is 14.8 Å². The molecule has 2 aromatic heterocycles. The topological polar surface area (TPSA) is 76.9 Å². The quantitative estimate of drug-likeness (QED) is 0.723. The van der Waals surface area contributed by atoms with Crippen molar-refractivity contribution in [2.45, 2.75) is 53.5 Å². The number of aryl methyl sites for hydroxylation is 4. The van der Waals surface area contributed by atoms with E-state index in [9.17, 15) is 9.59 Å². The van der Waals surface area contributed by atoms with E-state index >= 15 is 0 Å². The summed E-state index contributed by atoms with van der Waals surface area (Å²) in [6, 6.07) is 5.79. The summed E-state index contributed by atoms with van der Waals surface area (Å²) in [4.78, 5) is 24.9. The largest absolute Gasteiger partial charge is 0.307 e. The summed E-state index contributed by atoms with van der Waals surface area (Å²) < 4.78 is 1.69. The predicted molar refractivity (Wildman–Crippen MR) is 110 cm³/mol. The molecule has 0 aliphatic rings. The Kier molecular flexibility index (Phi) is 5.41. The van der Waals surface area contributed by atoms with Gasteiger partial charge in [0.05, 0.1) is 5.52 Å². The molecule has 0 unspecified atom stereocenters. The first-order valence-electron chi connectivity index (χ1n) is 9.01. The highest BCUT2D eigenvalue weighted by Gasteiger charge is 2.13. The van der Waals surface area contributed by atoms with Crippen LogP contribution in [0.5, 0.6) is 0 Å². The van der Waals surface area contributed by atoms with E-state index in [0.717, 1.165) is 32.6 Å². The zero-order chi connectivity index (χ0) is 19.7. The van der Waals surface area contributed by atoms with Gasteiger partial charge in [-0.15, -0.1) is 10.2 Å². The predicted octanol–water partition coefficient (Wildman–Crippen LogP) is 3.93. The van der Waals surface area contributed by atoms with Gasteiger partial charge in [0.15, 0.2) is 0 Å². The van der Waals surface area contributed by atoms with Gasteiger partial charge in [-0.2, -0.15) is 0 Å². The number of carbonyl (C=O) groups excluding carboxylic acids is 1. The normalized spacial score (nSPS) is 11.3. The van der Waals surface area contributed by atoms with Crippen LogP contribution in [-0.4, -0.2) is 20.7 Å². The molecule has 1 amide bonds. The van der Waals surface area contributed by atoms with E-state index in [4.69, 9.17) is 0 Å². The SMILES string of the molecule is Cc1cc(C)c2c(c1)c(C)cc(=O)n2CCC(=O)Nc1nnc(C(C)C)s1. The fourth-order valence-electron chi connectivity index (χ4n) is 3.21. The van der Waals surface area contributed by atoms with Crippen molar-refractivity contribution in [2.24, 2.45) is 0 Å². The molecular formula is C20H24N4O2S. The zero-order valence-corrected chi connectivity index (χ0v) is 17.1. The van der Waals surface area contributed by atoms with Gasteiger partial charge >= 0.3 is 0 Å². The van der Waals surface area contributed by atoms with Crippen LogP contribution < -0.4 is 10.9 Å². The molecule has 0 bridgehead atoms. The van der Waals surface area contributed by atoms with E-state index in [0.29, 0.717) is 11.7 Å². The van der Waals surface area contributed by atoms with Crippen LogP contribution in [0.2, 0.25) is 0 Å². The van der Waals surface area contributed by atoms with Gasteiger partial charge in [0.2, 0.25) is 11.0 Å². The zero-order valence-electron chi connectivity index (χ0n) is 16.3. The highest BCUT2D eigenvalue weighted by atomic mass is 32.1. The number of aromatic nitrogens is 3. The van der Waals surface area contributed by atoms with Crippen LogP contribution in [0.25, 0.3) is 10.9 Å². The highest BCUT2D eigenvalue weighted by molar-refractivity contribution is 7.15. The molecule has 1 N–H and O–H groups in total. The Hall–Kier alpha value is -2.54. The average Bonchev–Trinajstić information content (AvgIpc) is 3.04. The summed E-state index contributed by atoms with van der Waals surface area (Å²) in [6.45, 7) is 10.4. The molecule has 0 spiro atoms. The molecule has 0 saturated carbocycles. The lowest BCUT2D eigenvalue weighted by atomic mass is 10.0. The first kappa shape index (κ1) is 19.2. The third-order valence-corrected chi connectivity index (χ3v) is 5.63. The van der Waals surface area contributed by atoms with Crippen molar-refractivity contribution >= 4 is 33.3 Å². The fraction of sp³-hybridized carbons (Fsp3) is 0.400. The van der Waals surface area contributed by atoms with Crippen LogP contribution in [0.1, 0.15) is 47.9 Å². The summed E-state index contributed by atoms with van der Waals surface area (Å²) in [5, 5.41) is 13.3. The molecule has 0 fully saturated rings. The minimum absolute atomic E-state index is 0.0854. The third kappa shape index (κ3) is 4.08. The maximum Gasteiger partial charge on any atom is 0.251 e. The van der Waals surface area contributed by atoms with Crippen LogP contribution in [-0.2, 0) is 11.3 Å². The van der Waals surface area contributed by atoms with E-state index in [1.807, 2.05) is 34.6 Å². The van der Waals surface area contributed by atoms with Crippen LogP contribution in [0, 0.1) is 20.8 Å². The van der Waals surface area contributed by atoms with Gasteiger partial charge in [0, 0.05) is 30.3 Å². The number of fused-ring (bicyclic) bond motifs is 1. The van der Waals surface area contributed by atoms with Crippen molar-refractivity contribution < 1.29 is 4.79 Å². The van der Waals surface area contributed by atoms with Gasteiger partial charge in [-0.3, -0.25) is 9.59 Å². The summed E-state index contributed by atoms with van der Waals surface area (Å²) >= 11 is 1.38. The maximum absolute atomic E-state index is 12.6. The lowest BCUT2D eigenvalue weighted by Gasteiger charge is -2.15.